The molecule has 0 N–H and O–H groups in total. The van der Waals surface area contributed by atoms with Crippen LogP contribution in [-0.2, 0) is 6.42 Å². The second-order valence-electron chi connectivity index (χ2n) is 7.17. The number of nitrogens with zero attached hydrogens (tertiary/aromatic N) is 5. The Morgan fingerprint density at radius 1 is 1.04 bits per heavy atom. The van der Waals surface area contributed by atoms with E-state index in [1.807, 2.05) is 4.90 Å². The van der Waals surface area contributed by atoms with E-state index in [0.29, 0.717) is 43.0 Å². The summed E-state index contributed by atoms with van der Waals surface area (Å²) in [6.45, 7) is 1.05. The van der Waals surface area contributed by atoms with E-state index in [9.17, 15) is 18.0 Å². The first-order valence-electron chi connectivity index (χ1n) is 9.02. The van der Waals surface area contributed by atoms with Gasteiger partial charge in [0, 0.05) is 43.5 Å². The monoisotopic (exact) mass is 387 g/mol. The van der Waals surface area contributed by atoms with Gasteiger partial charge in [-0.2, -0.15) is 9.49 Å². The lowest BCUT2D eigenvalue weighted by Gasteiger charge is -2.40. The third kappa shape index (κ3) is 2.69. The van der Waals surface area contributed by atoms with E-state index in [2.05, 4.69) is 10.1 Å². The molecule has 0 bridgehead atoms. The van der Waals surface area contributed by atoms with Crippen LogP contribution in [0.15, 0.2) is 41.3 Å². The maximum atomic E-state index is 13.6. The van der Waals surface area contributed by atoms with Gasteiger partial charge in [0.15, 0.2) is 0 Å². The summed E-state index contributed by atoms with van der Waals surface area (Å²) in [6.07, 6.45) is 2.55. The fourth-order valence-corrected chi connectivity index (χ4v) is 4.05. The Morgan fingerprint density at radius 3 is 2.50 bits per heavy atom. The van der Waals surface area contributed by atoms with Crippen molar-refractivity contribution in [1.29, 1.82) is 0 Å². The molecule has 0 spiro atoms. The van der Waals surface area contributed by atoms with Gasteiger partial charge in [0.1, 0.15) is 17.5 Å². The molecule has 0 saturated carbocycles. The maximum Gasteiger partial charge on any atom is 0.346 e. The lowest BCUT2D eigenvalue weighted by molar-refractivity contribution is 0.350. The number of pyridine rings is 1. The second kappa shape index (κ2) is 6.22. The van der Waals surface area contributed by atoms with Crippen molar-refractivity contribution in [1.82, 2.24) is 19.3 Å². The molecule has 1 atom stereocenters. The number of rotatable bonds is 3. The van der Waals surface area contributed by atoms with E-state index in [0.717, 1.165) is 6.07 Å². The topological polar surface area (TPSA) is 56.0 Å². The lowest BCUT2D eigenvalue weighted by Crippen LogP contribution is -2.51. The third-order valence-corrected chi connectivity index (χ3v) is 5.41. The predicted molar refractivity (Wildman–Crippen MR) is 94.8 cm³/mol. The van der Waals surface area contributed by atoms with Gasteiger partial charge in [-0.15, -0.1) is 0 Å². The zero-order chi connectivity index (χ0) is 19.4. The first-order valence-corrected chi connectivity index (χ1v) is 9.02. The summed E-state index contributed by atoms with van der Waals surface area (Å²) in [7, 11) is 0. The Kier molecular flexibility index (Phi) is 3.78. The second-order valence-corrected chi connectivity index (χ2v) is 7.17. The van der Waals surface area contributed by atoms with Gasteiger partial charge in [0.25, 0.3) is 0 Å². The molecule has 0 amide bonds. The summed E-state index contributed by atoms with van der Waals surface area (Å²) in [5, 5.41) is 4.45. The van der Waals surface area contributed by atoms with Crippen LogP contribution in [0.4, 0.5) is 18.9 Å². The summed E-state index contributed by atoms with van der Waals surface area (Å²) in [4.78, 5) is 18.4. The Hall–Kier alpha value is -3.10. The molecule has 2 aromatic heterocycles. The van der Waals surface area contributed by atoms with Crippen molar-refractivity contribution >= 4 is 5.69 Å². The Bertz CT molecular complexity index is 1100. The highest BCUT2D eigenvalue weighted by Crippen LogP contribution is 2.32. The number of benzene rings is 1. The number of hydrogen-bond donors (Lipinski definition) is 0. The quantitative estimate of drug-likeness (QED) is 0.648. The van der Waals surface area contributed by atoms with E-state index in [1.165, 1.54) is 33.6 Å². The van der Waals surface area contributed by atoms with Gasteiger partial charge in [0.05, 0.1) is 12.1 Å². The summed E-state index contributed by atoms with van der Waals surface area (Å²) >= 11 is 0. The molecule has 1 saturated heterocycles. The average molecular weight is 387 g/mol. The predicted octanol–water partition coefficient (Wildman–Crippen LogP) is 2.45. The van der Waals surface area contributed by atoms with Crippen molar-refractivity contribution in [3.05, 3.63) is 76.0 Å². The van der Waals surface area contributed by atoms with Crippen molar-refractivity contribution in [3.63, 3.8) is 0 Å². The molecule has 2 aliphatic rings. The number of halogens is 3. The van der Waals surface area contributed by atoms with Gasteiger partial charge >= 0.3 is 5.69 Å². The van der Waals surface area contributed by atoms with Crippen molar-refractivity contribution in [3.8, 4) is 0 Å². The van der Waals surface area contributed by atoms with Crippen LogP contribution in [0.2, 0.25) is 0 Å². The van der Waals surface area contributed by atoms with E-state index in [4.69, 9.17) is 0 Å². The smallest absolute Gasteiger partial charge is 0.346 e. The van der Waals surface area contributed by atoms with Crippen LogP contribution in [0, 0.1) is 17.6 Å². The highest BCUT2D eigenvalue weighted by atomic mass is 19.1. The minimum atomic E-state index is -0.664. The molecule has 0 aliphatic carbocycles. The molecular weight excluding hydrogens is 371 g/mol. The van der Waals surface area contributed by atoms with Gasteiger partial charge in [-0.1, -0.05) is 0 Å². The van der Waals surface area contributed by atoms with Gasteiger partial charge in [-0.3, -0.25) is 4.57 Å². The Morgan fingerprint density at radius 2 is 1.79 bits per heavy atom. The fourth-order valence-electron chi connectivity index (χ4n) is 4.05. The molecule has 9 heteroatoms. The molecular formula is C19H16F3N5O. The number of fused-ring (bicyclic) bond motifs is 1. The molecule has 28 heavy (non-hydrogen) atoms. The van der Waals surface area contributed by atoms with Gasteiger partial charge < -0.3 is 4.90 Å². The number of aryl methyl sites for hydroxylation is 1. The van der Waals surface area contributed by atoms with Crippen LogP contribution in [0.25, 0.3) is 0 Å². The van der Waals surface area contributed by atoms with Gasteiger partial charge in [-0.25, -0.2) is 23.2 Å². The zero-order valence-electron chi connectivity index (χ0n) is 14.7. The molecule has 144 valence electrons. The largest absolute Gasteiger partial charge is 0.367 e. The molecule has 2 aliphatic heterocycles. The van der Waals surface area contributed by atoms with Crippen LogP contribution >= 0.6 is 0 Å². The molecule has 6 nitrogen and oxygen atoms in total. The van der Waals surface area contributed by atoms with Crippen LogP contribution in [0.3, 0.4) is 0 Å². The van der Waals surface area contributed by atoms with Crippen molar-refractivity contribution in [2.45, 2.75) is 24.9 Å². The summed E-state index contributed by atoms with van der Waals surface area (Å²) in [5.74, 6) is -1.26. The highest BCUT2D eigenvalue weighted by Gasteiger charge is 2.35. The minimum Gasteiger partial charge on any atom is -0.367 e. The minimum absolute atomic E-state index is 0.133. The van der Waals surface area contributed by atoms with Crippen molar-refractivity contribution in [2.75, 3.05) is 18.0 Å². The molecule has 1 aromatic carbocycles. The molecule has 3 aromatic rings. The van der Waals surface area contributed by atoms with Crippen molar-refractivity contribution in [2.24, 2.45) is 0 Å². The van der Waals surface area contributed by atoms with Crippen LogP contribution in [0.5, 0.6) is 0 Å². The third-order valence-electron chi connectivity index (χ3n) is 5.41. The van der Waals surface area contributed by atoms with Gasteiger partial charge in [-0.05, 0) is 30.2 Å². The summed E-state index contributed by atoms with van der Waals surface area (Å²) in [5.41, 5.74) is 0.852. The number of aromatic nitrogens is 4. The highest BCUT2D eigenvalue weighted by molar-refractivity contribution is 5.47. The van der Waals surface area contributed by atoms with E-state index >= 15 is 0 Å². The first kappa shape index (κ1) is 17.0. The van der Waals surface area contributed by atoms with Crippen LogP contribution < -0.4 is 10.6 Å². The molecule has 0 unspecified atom stereocenters. The van der Waals surface area contributed by atoms with Gasteiger partial charge in [0.2, 0.25) is 5.95 Å². The van der Waals surface area contributed by atoms with Crippen molar-refractivity contribution < 1.29 is 13.2 Å². The van der Waals surface area contributed by atoms with Crippen LogP contribution in [-0.4, -0.2) is 32.4 Å². The average Bonchev–Trinajstić information content (AvgIpc) is 3.14. The molecule has 1 fully saturated rings. The van der Waals surface area contributed by atoms with E-state index in [-0.39, 0.29) is 11.7 Å². The standard InChI is InChI=1S/C19H16F3N5O/c20-12-5-11(6-13(21)7-12)16-1-2-18-24-27(19(28)26(16)18)15-9-25(10-15)14-3-4-23-17(22)8-14/h3-8,15-16H,1-2,9-10H2/t16-/m0/s1. The number of anilines is 1. The first-order chi connectivity index (χ1) is 13.5. The van der Waals surface area contributed by atoms with Crippen LogP contribution in [0.1, 0.15) is 29.9 Å². The molecule has 4 heterocycles. The molecule has 5 rings (SSSR count). The van der Waals surface area contributed by atoms with E-state index in [1.54, 1.807) is 6.07 Å². The SMILES string of the molecule is O=c1n(C2CN(c3ccnc(F)c3)C2)nc2n1[C@H](c1cc(F)cc(F)c1)CC2. The zero-order valence-corrected chi connectivity index (χ0v) is 14.7. The number of hydrogen-bond acceptors (Lipinski definition) is 4. The maximum absolute atomic E-state index is 13.6. The Balaban J connectivity index is 1.41. The summed E-state index contributed by atoms with van der Waals surface area (Å²) < 4.78 is 43.5. The Labute approximate surface area is 157 Å². The fraction of sp³-hybridized carbons (Fsp3) is 0.316. The lowest BCUT2D eigenvalue weighted by atomic mass is 10.0. The molecule has 0 radical (unpaired) electrons. The van der Waals surface area contributed by atoms with E-state index < -0.39 is 23.6 Å². The normalized spacial score (nSPS) is 19.0. The summed E-state index contributed by atoms with van der Waals surface area (Å²) in [6, 6.07) is 5.84.